The highest BCUT2D eigenvalue weighted by atomic mass is 16.1. The monoisotopic (exact) mass is 213 g/mol. The van der Waals surface area contributed by atoms with Crippen LogP contribution in [-0.2, 0) is 4.79 Å². The van der Waals surface area contributed by atoms with Crippen LogP contribution < -0.4 is 11.1 Å². The number of carbonyl (C=O) groups excluding carboxylic acids is 1. The maximum absolute atomic E-state index is 11.2. The van der Waals surface area contributed by atoms with E-state index < -0.39 is 0 Å². The van der Waals surface area contributed by atoms with Crippen molar-refractivity contribution in [2.75, 3.05) is 26.2 Å². The number of amides is 1. The van der Waals surface area contributed by atoms with Crippen LogP contribution in [0, 0.1) is 0 Å². The zero-order valence-corrected chi connectivity index (χ0v) is 9.67. The normalized spacial score (nSPS) is 20.1. The second-order valence-corrected chi connectivity index (χ2v) is 4.27. The van der Waals surface area contributed by atoms with Gasteiger partial charge < -0.3 is 16.0 Å². The van der Waals surface area contributed by atoms with Crippen LogP contribution in [-0.4, -0.2) is 43.0 Å². The summed E-state index contributed by atoms with van der Waals surface area (Å²) in [5.41, 5.74) is 5.37. The number of rotatable bonds is 6. The van der Waals surface area contributed by atoms with E-state index >= 15 is 0 Å². The smallest absolute Gasteiger partial charge is 0.235 e. The van der Waals surface area contributed by atoms with Crippen LogP contribution in [0.25, 0.3) is 0 Å². The van der Waals surface area contributed by atoms with Crippen molar-refractivity contribution in [3.63, 3.8) is 0 Å². The summed E-state index contributed by atoms with van der Waals surface area (Å²) >= 11 is 0. The number of likely N-dealkylation sites (tertiary alicyclic amines) is 1. The number of nitrogens with zero attached hydrogens (tertiary/aromatic N) is 1. The fourth-order valence-electron chi connectivity index (χ4n) is 1.97. The number of hydrogen-bond donors (Lipinski definition) is 2. The van der Waals surface area contributed by atoms with Gasteiger partial charge >= 0.3 is 0 Å². The Bertz CT molecular complexity index is 190. The molecule has 0 saturated carbocycles. The molecule has 1 fully saturated rings. The molecule has 1 atom stereocenters. The van der Waals surface area contributed by atoms with Gasteiger partial charge in [-0.25, -0.2) is 0 Å². The highest BCUT2D eigenvalue weighted by Crippen LogP contribution is 2.08. The molecule has 1 heterocycles. The first kappa shape index (κ1) is 12.5. The molecule has 4 nitrogen and oxygen atoms in total. The number of primary amides is 1. The van der Waals surface area contributed by atoms with Gasteiger partial charge in [-0.05, 0) is 38.9 Å². The van der Waals surface area contributed by atoms with E-state index in [-0.39, 0.29) is 11.9 Å². The van der Waals surface area contributed by atoms with E-state index in [1.54, 1.807) is 0 Å². The van der Waals surface area contributed by atoms with Gasteiger partial charge in [-0.15, -0.1) is 0 Å². The fourth-order valence-corrected chi connectivity index (χ4v) is 1.97. The molecular formula is C11H23N3O. The Morgan fingerprint density at radius 2 is 2.07 bits per heavy atom. The molecule has 3 N–H and O–H groups in total. The lowest BCUT2D eigenvalue weighted by atomic mass is 10.1. The molecule has 0 aliphatic carbocycles. The Morgan fingerprint density at radius 3 is 2.60 bits per heavy atom. The minimum atomic E-state index is -0.228. The molecule has 1 amide bonds. The molecule has 1 aliphatic heterocycles. The van der Waals surface area contributed by atoms with Crippen molar-refractivity contribution in [1.29, 1.82) is 0 Å². The Hall–Kier alpha value is -0.610. The van der Waals surface area contributed by atoms with Crippen LogP contribution in [0.1, 0.15) is 32.6 Å². The number of piperidine rings is 1. The molecule has 15 heavy (non-hydrogen) atoms. The molecule has 0 aromatic rings. The number of nitrogens with two attached hydrogens (primary N) is 1. The van der Waals surface area contributed by atoms with Gasteiger partial charge in [0.05, 0.1) is 6.04 Å². The van der Waals surface area contributed by atoms with Crippen molar-refractivity contribution >= 4 is 5.91 Å². The van der Waals surface area contributed by atoms with Crippen LogP contribution in [0.3, 0.4) is 0 Å². The van der Waals surface area contributed by atoms with Crippen molar-refractivity contribution in [2.45, 2.75) is 38.6 Å². The molecule has 0 bridgehead atoms. The van der Waals surface area contributed by atoms with E-state index in [2.05, 4.69) is 17.1 Å². The SMILES string of the molecule is CCCNC(CN1CCCCC1)C(N)=O. The minimum absolute atomic E-state index is 0.178. The van der Waals surface area contributed by atoms with E-state index in [1.807, 2.05) is 0 Å². The van der Waals surface area contributed by atoms with Crippen molar-refractivity contribution in [1.82, 2.24) is 10.2 Å². The quantitative estimate of drug-likeness (QED) is 0.668. The summed E-state index contributed by atoms with van der Waals surface area (Å²) in [5.74, 6) is -0.228. The van der Waals surface area contributed by atoms with Crippen LogP contribution in [0.2, 0.25) is 0 Å². The van der Waals surface area contributed by atoms with E-state index in [9.17, 15) is 4.79 Å². The fraction of sp³-hybridized carbons (Fsp3) is 0.909. The van der Waals surface area contributed by atoms with Crippen LogP contribution in [0.5, 0.6) is 0 Å². The number of nitrogens with one attached hydrogen (secondary N) is 1. The molecule has 1 unspecified atom stereocenters. The van der Waals surface area contributed by atoms with Gasteiger partial charge in [-0.1, -0.05) is 13.3 Å². The van der Waals surface area contributed by atoms with Gasteiger partial charge in [0.2, 0.25) is 5.91 Å². The minimum Gasteiger partial charge on any atom is -0.368 e. The predicted octanol–water partition coefficient (Wildman–Crippen LogP) is 0.326. The molecule has 0 radical (unpaired) electrons. The maximum atomic E-state index is 11.2. The topological polar surface area (TPSA) is 58.4 Å². The molecule has 1 saturated heterocycles. The summed E-state index contributed by atoms with van der Waals surface area (Å²) < 4.78 is 0. The first-order valence-corrected chi connectivity index (χ1v) is 5.99. The molecule has 1 aliphatic rings. The highest BCUT2D eigenvalue weighted by molar-refractivity contribution is 5.80. The lowest BCUT2D eigenvalue weighted by Gasteiger charge is -2.29. The largest absolute Gasteiger partial charge is 0.368 e. The first-order valence-electron chi connectivity index (χ1n) is 5.99. The van der Waals surface area contributed by atoms with Crippen molar-refractivity contribution in [3.05, 3.63) is 0 Å². The zero-order chi connectivity index (χ0) is 11.1. The molecule has 88 valence electrons. The Labute approximate surface area is 92.2 Å². The molecule has 0 spiro atoms. The van der Waals surface area contributed by atoms with E-state index in [1.165, 1.54) is 19.3 Å². The lowest BCUT2D eigenvalue weighted by molar-refractivity contribution is -0.120. The third-order valence-electron chi connectivity index (χ3n) is 2.87. The predicted molar refractivity (Wildman–Crippen MR) is 61.6 cm³/mol. The average Bonchev–Trinajstić information content (AvgIpc) is 2.25. The van der Waals surface area contributed by atoms with Crippen LogP contribution in [0.4, 0.5) is 0 Å². The average molecular weight is 213 g/mol. The van der Waals surface area contributed by atoms with Gasteiger partial charge in [0.25, 0.3) is 0 Å². The Kier molecular flexibility index (Phi) is 5.65. The third kappa shape index (κ3) is 4.62. The Balaban J connectivity index is 2.31. The summed E-state index contributed by atoms with van der Waals surface area (Å²) in [7, 11) is 0. The highest BCUT2D eigenvalue weighted by Gasteiger charge is 2.19. The maximum Gasteiger partial charge on any atom is 0.235 e. The van der Waals surface area contributed by atoms with Crippen LogP contribution in [0.15, 0.2) is 0 Å². The van der Waals surface area contributed by atoms with Gasteiger partial charge in [0.1, 0.15) is 0 Å². The first-order chi connectivity index (χ1) is 7.24. The van der Waals surface area contributed by atoms with E-state index in [0.29, 0.717) is 0 Å². The second kappa shape index (κ2) is 6.80. The van der Waals surface area contributed by atoms with Gasteiger partial charge in [0.15, 0.2) is 0 Å². The number of hydrogen-bond acceptors (Lipinski definition) is 3. The third-order valence-corrected chi connectivity index (χ3v) is 2.87. The van der Waals surface area contributed by atoms with E-state index in [0.717, 1.165) is 32.6 Å². The van der Waals surface area contributed by atoms with Crippen molar-refractivity contribution in [3.8, 4) is 0 Å². The Morgan fingerprint density at radius 1 is 1.40 bits per heavy atom. The lowest BCUT2D eigenvalue weighted by Crippen LogP contribution is -2.50. The summed E-state index contributed by atoms with van der Waals surface area (Å²) in [5, 5.41) is 3.20. The van der Waals surface area contributed by atoms with Gasteiger partial charge in [-0.2, -0.15) is 0 Å². The summed E-state index contributed by atoms with van der Waals surface area (Å²) in [4.78, 5) is 13.5. The molecule has 0 aromatic carbocycles. The number of carbonyl (C=O) groups is 1. The molecule has 4 heteroatoms. The van der Waals surface area contributed by atoms with E-state index in [4.69, 9.17) is 5.73 Å². The second-order valence-electron chi connectivity index (χ2n) is 4.27. The van der Waals surface area contributed by atoms with Crippen molar-refractivity contribution < 1.29 is 4.79 Å². The zero-order valence-electron chi connectivity index (χ0n) is 9.67. The summed E-state index contributed by atoms with van der Waals surface area (Å²) in [6, 6.07) is -0.178. The van der Waals surface area contributed by atoms with Gasteiger partial charge in [-0.3, -0.25) is 4.79 Å². The molecule has 0 aromatic heterocycles. The summed E-state index contributed by atoms with van der Waals surface area (Å²) in [6.45, 7) is 5.94. The molecule has 1 rings (SSSR count). The van der Waals surface area contributed by atoms with Crippen LogP contribution >= 0.6 is 0 Å². The molecular weight excluding hydrogens is 190 g/mol. The van der Waals surface area contributed by atoms with Gasteiger partial charge in [0, 0.05) is 6.54 Å². The standard InChI is InChI=1S/C11H23N3O/c1-2-6-13-10(11(12)15)9-14-7-4-3-5-8-14/h10,13H,2-9H2,1H3,(H2,12,15). The summed E-state index contributed by atoms with van der Waals surface area (Å²) in [6.07, 6.45) is 4.85. The van der Waals surface area contributed by atoms with Crippen molar-refractivity contribution in [2.24, 2.45) is 5.73 Å².